The molecule has 0 saturated heterocycles. The highest BCUT2D eigenvalue weighted by atomic mass is 32.2. The lowest BCUT2D eigenvalue weighted by Gasteiger charge is -2.15. The molecular weight excluding hydrogens is 388 g/mol. The molecule has 2 N–H and O–H groups in total. The summed E-state index contributed by atoms with van der Waals surface area (Å²) >= 11 is 0. The first-order valence-corrected chi connectivity index (χ1v) is 10.5. The largest absolute Gasteiger partial charge is 0.497 e. The molecule has 29 heavy (non-hydrogen) atoms. The van der Waals surface area contributed by atoms with Crippen molar-refractivity contribution in [1.82, 2.24) is 5.32 Å². The first-order chi connectivity index (χ1) is 13.9. The number of amides is 1. The lowest BCUT2D eigenvalue weighted by atomic mass is 10.1. The van der Waals surface area contributed by atoms with Crippen molar-refractivity contribution in [2.75, 3.05) is 11.8 Å². The molecule has 1 atom stereocenters. The standard InChI is InChI=1S/C22H22N2O4S/c1-16(17-11-13-20(28-2)14-12-17)23-22(25)18-7-6-8-19(15-18)24-29(26,27)21-9-4-3-5-10-21/h3-16,24H,1-2H3,(H,23,25)/t16-/m1/s1. The summed E-state index contributed by atoms with van der Waals surface area (Å²) in [6, 6.07) is 21.7. The van der Waals surface area contributed by atoms with E-state index < -0.39 is 10.0 Å². The lowest BCUT2D eigenvalue weighted by Crippen LogP contribution is -2.26. The third kappa shape index (κ3) is 5.14. The number of sulfonamides is 1. The molecule has 0 fully saturated rings. The molecule has 0 radical (unpaired) electrons. The number of methoxy groups -OCH3 is 1. The Morgan fingerprint density at radius 2 is 1.62 bits per heavy atom. The van der Waals surface area contributed by atoms with Crippen molar-refractivity contribution in [1.29, 1.82) is 0 Å². The Hall–Kier alpha value is -3.32. The van der Waals surface area contributed by atoms with Gasteiger partial charge in [0.05, 0.1) is 18.0 Å². The SMILES string of the molecule is COc1ccc([C@@H](C)NC(=O)c2cccc(NS(=O)(=O)c3ccccc3)c2)cc1. The van der Waals surface area contributed by atoms with Crippen LogP contribution >= 0.6 is 0 Å². The molecule has 6 nitrogen and oxygen atoms in total. The number of hydrogen-bond donors (Lipinski definition) is 2. The first-order valence-electron chi connectivity index (χ1n) is 9.02. The van der Waals surface area contributed by atoms with Crippen molar-refractivity contribution in [3.8, 4) is 5.75 Å². The van der Waals surface area contributed by atoms with Gasteiger partial charge >= 0.3 is 0 Å². The molecule has 3 aromatic rings. The van der Waals surface area contributed by atoms with Crippen LogP contribution in [0.5, 0.6) is 5.75 Å². The molecular formula is C22H22N2O4S. The maximum Gasteiger partial charge on any atom is 0.261 e. The molecule has 7 heteroatoms. The Kier molecular flexibility index (Phi) is 6.19. The molecule has 0 unspecified atom stereocenters. The summed E-state index contributed by atoms with van der Waals surface area (Å²) in [5.74, 6) is 0.444. The molecule has 0 spiro atoms. The second-order valence-corrected chi connectivity index (χ2v) is 8.15. The van der Waals surface area contributed by atoms with Crippen LogP contribution < -0.4 is 14.8 Å². The van der Waals surface area contributed by atoms with Gasteiger partial charge < -0.3 is 10.1 Å². The van der Waals surface area contributed by atoms with Gasteiger partial charge in [-0.3, -0.25) is 9.52 Å². The molecule has 0 saturated carbocycles. The van der Waals surface area contributed by atoms with Gasteiger partial charge in [-0.05, 0) is 55.0 Å². The third-order valence-corrected chi connectivity index (χ3v) is 5.79. The summed E-state index contributed by atoms with van der Waals surface area (Å²) in [7, 11) is -2.13. The summed E-state index contributed by atoms with van der Waals surface area (Å²) in [5, 5.41) is 2.91. The van der Waals surface area contributed by atoms with Gasteiger partial charge in [-0.2, -0.15) is 0 Å². The van der Waals surface area contributed by atoms with E-state index in [2.05, 4.69) is 10.0 Å². The molecule has 0 aliphatic rings. The quantitative estimate of drug-likeness (QED) is 0.617. The van der Waals surface area contributed by atoms with E-state index in [1.165, 1.54) is 18.2 Å². The molecule has 150 valence electrons. The van der Waals surface area contributed by atoms with Crippen molar-refractivity contribution >= 4 is 21.6 Å². The Balaban J connectivity index is 1.72. The van der Waals surface area contributed by atoms with Crippen LogP contribution in [0.1, 0.15) is 28.9 Å². The van der Waals surface area contributed by atoms with Crippen LogP contribution in [0.4, 0.5) is 5.69 Å². The fraction of sp³-hybridized carbons (Fsp3) is 0.136. The second kappa shape index (κ2) is 8.79. The topological polar surface area (TPSA) is 84.5 Å². The molecule has 3 aromatic carbocycles. The van der Waals surface area contributed by atoms with Crippen LogP contribution in [0.25, 0.3) is 0 Å². The highest BCUT2D eigenvalue weighted by Gasteiger charge is 2.16. The zero-order chi connectivity index (χ0) is 20.9. The van der Waals surface area contributed by atoms with Gasteiger partial charge in [-0.15, -0.1) is 0 Å². The molecule has 0 heterocycles. The third-order valence-electron chi connectivity index (χ3n) is 4.39. The van der Waals surface area contributed by atoms with Crippen LogP contribution in [-0.4, -0.2) is 21.4 Å². The molecule has 3 rings (SSSR count). The number of anilines is 1. The Morgan fingerprint density at radius 1 is 0.931 bits per heavy atom. The summed E-state index contributed by atoms with van der Waals surface area (Å²) < 4.78 is 32.6. The number of carbonyl (C=O) groups is 1. The smallest absolute Gasteiger partial charge is 0.261 e. The summed E-state index contributed by atoms with van der Waals surface area (Å²) in [6.07, 6.45) is 0. The average molecular weight is 410 g/mol. The summed E-state index contributed by atoms with van der Waals surface area (Å²) in [5.41, 5.74) is 1.61. The maximum atomic E-state index is 12.6. The van der Waals surface area contributed by atoms with E-state index in [9.17, 15) is 13.2 Å². The number of hydrogen-bond acceptors (Lipinski definition) is 4. The number of rotatable bonds is 7. The molecule has 0 aliphatic carbocycles. The Morgan fingerprint density at radius 3 is 2.28 bits per heavy atom. The second-order valence-electron chi connectivity index (χ2n) is 6.47. The highest BCUT2D eigenvalue weighted by Crippen LogP contribution is 2.20. The zero-order valence-corrected chi connectivity index (χ0v) is 16.9. The van der Waals surface area contributed by atoms with Crippen LogP contribution in [0, 0.1) is 0 Å². The highest BCUT2D eigenvalue weighted by molar-refractivity contribution is 7.92. The fourth-order valence-corrected chi connectivity index (χ4v) is 3.86. The van der Waals surface area contributed by atoms with Gasteiger partial charge in [0, 0.05) is 11.3 Å². The molecule has 0 aromatic heterocycles. The van der Waals surface area contributed by atoms with E-state index in [1.807, 2.05) is 31.2 Å². The van der Waals surface area contributed by atoms with Gasteiger partial charge in [-0.25, -0.2) is 8.42 Å². The van der Waals surface area contributed by atoms with Crippen molar-refractivity contribution < 1.29 is 17.9 Å². The number of benzene rings is 3. The molecule has 0 aliphatic heterocycles. The van der Waals surface area contributed by atoms with Gasteiger partial charge in [0.25, 0.3) is 15.9 Å². The van der Waals surface area contributed by atoms with E-state index in [-0.39, 0.29) is 16.8 Å². The monoisotopic (exact) mass is 410 g/mol. The predicted octanol–water partition coefficient (Wildman–Crippen LogP) is 3.99. The number of ether oxygens (including phenoxy) is 1. The van der Waals surface area contributed by atoms with Crippen molar-refractivity contribution in [2.45, 2.75) is 17.9 Å². The minimum atomic E-state index is -3.72. The fourth-order valence-electron chi connectivity index (χ4n) is 2.79. The van der Waals surface area contributed by atoms with Gasteiger partial charge in [0.15, 0.2) is 0 Å². The van der Waals surface area contributed by atoms with Gasteiger partial charge in [-0.1, -0.05) is 36.4 Å². The van der Waals surface area contributed by atoms with Crippen LogP contribution in [-0.2, 0) is 10.0 Å². The van der Waals surface area contributed by atoms with Gasteiger partial charge in [0.2, 0.25) is 0 Å². The molecule has 1 amide bonds. The van der Waals surface area contributed by atoms with Gasteiger partial charge in [0.1, 0.15) is 5.75 Å². The van der Waals surface area contributed by atoms with E-state index in [0.717, 1.165) is 11.3 Å². The number of nitrogens with one attached hydrogen (secondary N) is 2. The number of carbonyl (C=O) groups excluding carboxylic acids is 1. The predicted molar refractivity (Wildman–Crippen MR) is 113 cm³/mol. The molecule has 0 bridgehead atoms. The van der Waals surface area contributed by atoms with Crippen LogP contribution in [0.15, 0.2) is 83.8 Å². The van der Waals surface area contributed by atoms with E-state index in [4.69, 9.17) is 4.74 Å². The van der Waals surface area contributed by atoms with Crippen molar-refractivity contribution in [3.63, 3.8) is 0 Å². The lowest BCUT2D eigenvalue weighted by molar-refractivity contribution is 0.0940. The van der Waals surface area contributed by atoms with Crippen molar-refractivity contribution in [3.05, 3.63) is 90.0 Å². The van der Waals surface area contributed by atoms with E-state index >= 15 is 0 Å². The van der Waals surface area contributed by atoms with Crippen LogP contribution in [0.3, 0.4) is 0 Å². The average Bonchev–Trinajstić information content (AvgIpc) is 2.74. The maximum absolute atomic E-state index is 12.6. The van der Waals surface area contributed by atoms with E-state index in [0.29, 0.717) is 11.3 Å². The first kappa shape index (κ1) is 20.4. The summed E-state index contributed by atoms with van der Waals surface area (Å²) in [6.45, 7) is 1.88. The minimum absolute atomic E-state index is 0.156. The van der Waals surface area contributed by atoms with E-state index in [1.54, 1.807) is 43.5 Å². The normalized spacial score (nSPS) is 12.1. The van der Waals surface area contributed by atoms with Crippen LogP contribution in [0.2, 0.25) is 0 Å². The Bertz CT molecular complexity index is 1080. The summed E-state index contributed by atoms with van der Waals surface area (Å²) in [4.78, 5) is 12.8. The van der Waals surface area contributed by atoms with Crippen molar-refractivity contribution in [2.24, 2.45) is 0 Å². The zero-order valence-electron chi connectivity index (χ0n) is 16.1. The minimum Gasteiger partial charge on any atom is -0.497 e. The Labute approximate surface area is 170 Å².